The van der Waals surface area contributed by atoms with Crippen molar-refractivity contribution < 1.29 is 4.39 Å². The van der Waals surface area contributed by atoms with Crippen LogP contribution in [0.25, 0.3) is 0 Å². The Morgan fingerprint density at radius 1 is 1.35 bits per heavy atom. The summed E-state index contributed by atoms with van der Waals surface area (Å²) in [7, 11) is 0. The van der Waals surface area contributed by atoms with Crippen LogP contribution in [0.2, 0.25) is 0 Å². The highest BCUT2D eigenvalue weighted by atomic mass is 32.2. The van der Waals surface area contributed by atoms with Crippen molar-refractivity contribution >= 4 is 11.8 Å². The van der Waals surface area contributed by atoms with Gasteiger partial charge in [-0.3, -0.25) is 11.3 Å². The molecular weight excluding hydrogens is 235 g/mol. The van der Waals surface area contributed by atoms with E-state index in [2.05, 4.69) is 5.43 Å². The minimum Gasteiger partial charge on any atom is -0.271 e. The molecule has 0 saturated heterocycles. The molecule has 0 heterocycles. The number of benzene rings is 1. The number of thioether (sulfide) groups is 1. The molecule has 0 amide bonds. The largest absolute Gasteiger partial charge is 0.271 e. The molecule has 94 valence electrons. The zero-order chi connectivity index (χ0) is 12.1. The average molecular weight is 254 g/mol. The summed E-state index contributed by atoms with van der Waals surface area (Å²) in [6.07, 6.45) is 5.22. The van der Waals surface area contributed by atoms with Gasteiger partial charge in [-0.25, -0.2) is 4.39 Å². The number of hydrogen-bond donors (Lipinski definition) is 2. The predicted octanol–water partition coefficient (Wildman–Crippen LogP) is 2.94. The maximum atomic E-state index is 12.7. The van der Waals surface area contributed by atoms with Crippen molar-refractivity contribution in [2.75, 3.05) is 5.75 Å². The zero-order valence-electron chi connectivity index (χ0n) is 9.86. The van der Waals surface area contributed by atoms with Crippen molar-refractivity contribution in [1.29, 1.82) is 0 Å². The average Bonchev–Trinajstić information content (AvgIpc) is 2.29. The van der Waals surface area contributed by atoms with Crippen LogP contribution in [-0.4, -0.2) is 11.8 Å². The molecular formula is C13H19FN2S. The first-order valence-electron chi connectivity index (χ1n) is 6.12. The normalized spacial score (nSPS) is 17.8. The predicted molar refractivity (Wildman–Crippen MR) is 70.2 cm³/mol. The molecule has 1 atom stereocenters. The molecule has 0 aliphatic heterocycles. The van der Waals surface area contributed by atoms with Crippen LogP contribution < -0.4 is 11.3 Å². The summed E-state index contributed by atoms with van der Waals surface area (Å²) in [6.45, 7) is 0. The van der Waals surface area contributed by atoms with Gasteiger partial charge in [-0.1, -0.05) is 19.3 Å². The van der Waals surface area contributed by atoms with Crippen LogP contribution in [0.15, 0.2) is 29.2 Å². The number of halogens is 1. The van der Waals surface area contributed by atoms with E-state index in [0.29, 0.717) is 6.04 Å². The summed E-state index contributed by atoms with van der Waals surface area (Å²) in [5.41, 5.74) is 2.89. The van der Waals surface area contributed by atoms with E-state index in [9.17, 15) is 4.39 Å². The fourth-order valence-corrected chi connectivity index (χ4v) is 3.00. The molecule has 0 bridgehead atoms. The molecule has 1 aliphatic rings. The van der Waals surface area contributed by atoms with E-state index >= 15 is 0 Å². The molecule has 1 aromatic rings. The molecule has 4 heteroatoms. The maximum Gasteiger partial charge on any atom is 0.123 e. The molecule has 17 heavy (non-hydrogen) atoms. The second kappa shape index (κ2) is 6.38. The summed E-state index contributed by atoms with van der Waals surface area (Å²) in [5.74, 6) is 7.18. The van der Waals surface area contributed by atoms with Crippen LogP contribution in [-0.2, 0) is 0 Å². The van der Waals surface area contributed by atoms with E-state index in [4.69, 9.17) is 5.84 Å². The highest BCUT2D eigenvalue weighted by molar-refractivity contribution is 7.99. The van der Waals surface area contributed by atoms with Crippen LogP contribution in [0.3, 0.4) is 0 Å². The maximum absolute atomic E-state index is 12.7. The molecule has 1 fully saturated rings. The van der Waals surface area contributed by atoms with Crippen LogP contribution in [0, 0.1) is 11.7 Å². The molecule has 0 radical (unpaired) electrons. The summed E-state index contributed by atoms with van der Waals surface area (Å²) in [5, 5.41) is 0. The monoisotopic (exact) mass is 254 g/mol. The second-order valence-corrected chi connectivity index (χ2v) is 5.75. The van der Waals surface area contributed by atoms with E-state index in [1.165, 1.54) is 31.4 Å². The van der Waals surface area contributed by atoms with Crippen LogP contribution in [0.1, 0.15) is 25.7 Å². The van der Waals surface area contributed by atoms with Gasteiger partial charge in [0.15, 0.2) is 0 Å². The first-order valence-corrected chi connectivity index (χ1v) is 7.11. The highest BCUT2D eigenvalue weighted by Gasteiger charge is 2.21. The van der Waals surface area contributed by atoms with Crippen molar-refractivity contribution in [1.82, 2.24) is 5.43 Å². The van der Waals surface area contributed by atoms with Crippen LogP contribution in [0.4, 0.5) is 4.39 Å². The van der Waals surface area contributed by atoms with Crippen molar-refractivity contribution in [3.63, 3.8) is 0 Å². The molecule has 1 aliphatic carbocycles. The van der Waals surface area contributed by atoms with Gasteiger partial charge >= 0.3 is 0 Å². The molecule has 1 saturated carbocycles. The molecule has 3 N–H and O–H groups in total. The molecule has 1 aromatic carbocycles. The third kappa shape index (κ3) is 3.98. The lowest BCUT2D eigenvalue weighted by Gasteiger charge is -2.29. The van der Waals surface area contributed by atoms with Crippen molar-refractivity contribution in [2.45, 2.75) is 36.6 Å². The van der Waals surface area contributed by atoms with Crippen molar-refractivity contribution in [3.05, 3.63) is 30.1 Å². The van der Waals surface area contributed by atoms with Crippen molar-refractivity contribution in [2.24, 2.45) is 11.8 Å². The smallest absolute Gasteiger partial charge is 0.123 e. The molecule has 2 nitrogen and oxygen atoms in total. The standard InChI is InChI=1S/C13H19FN2S/c14-11-4-6-13(7-5-11)17-9-12(16-15)8-10-2-1-3-10/h4-7,10,12,16H,1-3,8-9,15H2. The Balaban J connectivity index is 1.76. The van der Waals surface area contributed by atoms with Gasteiger partial charge in [-0.15, -0.1) is 11.8 Å². The van der Waals surface area contributed by atoms with E-state index in [0.717, 1.165) is 23.0 Å². The van der Waals surface area contributed by atoms with E-state index < -0.39 is 0 Å². The molecule has 1 unspecified atom stereocenters. The fourth-order valence-electron chi connectivity index (χ4n) is 2.04. The SMILES string of the molecule is NNC(CSc1ccc(F)cc1)CC1CCC1. The lowest BCUT2D eigenvalue weighted by molar-refractivity contribution is 0.268. The number of nitrogens with two attached hydrogens (primary N) is 1. The Kier molecular flexibility index (Phi) is 4.83. The highest BCUT2D eigenvalue weighted by Crippen LogP contribution is 2.31. The summed E-state index contributed by atoms with van der Waals surface area (Å²) in [4.78, 5) is 1.10. The molecule has 2 rings (SSSR count). The van der Waals surface area contributed by atoms with Gasteiger partial charge in [-0.2, -0.15) is 0 Å². The Labute approximate surface area is 106 Å². The summed E-state index contributed by atoms with van der Waals surface area (Å²) >= 11 is 1.73. The van der Waals surface area contributed by atoms with Gasteiger partial charge in [0.2, 0.25) is 0 Å². The Morgan fingerprint density at radius 3 is 2.59 bits per heavy atom. The van der Waals surface area contributed by atoms with Gasteiger partial charge in [0, 0.05) is 16.7 Å². The number of hydrogen-bond acceptors (Lipinski definition) is 3. The van der Waals surface area contributed by atoms with Gasteiger partial charge in [0.1, 0.15) is 5.82 Å². The van der Waals surface area contributed by atoms with E-state index in [1.807, 2.05) is 12.1 Å². The second-order valence-electron chi connectivity index (χ2n) is 4.66. The van der Waals surface area contributed by atoms with Crippen molar-refractivity contribution in [3.8, 4) is 0 Å². The first-order chi connectivity index (χ1) is 8.28. The quantitative estimate of drug-likeness (QED) is 0.466. The fraction of sp³-hybridized carbons (Fsp3) is 0.538. The van der Waals surface area contributed by atoms with Gasteiger partial charge < -0.3 is 0 Å². The Morgan fingerprint density at radius 2 is 2.06 bits per heavy atom. The van der Waals surface area contributed by atoms with Gasteiger partial charge in [-0.05, 0) is 36.6 Å². The molecule has 0 spiro atoms. The van der Waals surface area contributed by atoms with Gasteiger partial charge in [0.25, 0.3) is 0 Å². The lowest BCUT2D eigenvalue weighted by atomic mass is 9.81. The molecule has 0 aromatic heterocycles. The summed E-state index contributed by atoms with van der Waals surface area (Å²) in [6, 6.07) is 6.99. The topological polar surface area (TPSA) is 38.0 Å². The van der Waals surface area contributed by atoms with Crippen LogP contribution in [0.5, 0.6) is 0 Å². The van der Waals surface area contributed by atoms with Crippen LogP contribution >= 0.6 is 11.8 Å². The minimum atomic E-state index is -0.183. The zero-order valence-corrected chi connectivity index (χ0v) is 10.7. The lowest BCUT2D eigenvalue weighted by Crippen LogP contribution is -2.39. The van der Waals surface area contributed by atoms with E-state index in [1.54, 1.807) is 11.8 Å². The minimum absolute atomic E-state index is 0.183. The number of nitrogens with one attached hydrogen (secondary N) is 1. The van der Waals surface area contributed by atoms with E-state index in [-0.39, 0.29) is 5.82 Å². The number of rotatable bonds is 6. The Bertz CT molecular complexity index is 338. The van der Waals surface area contributed by atoms with Gasteiger partial charge in [0.05, 0.1) is 0 Å². The third-order valence-electron chi connectivity index (χ3n) is 3.34. The summed E-state index contributed by atoms with van der Waals surface area (Å²) < 4.78 is 12.7. The third-order valence-corrected chi connectivity index (χ3v) is 4.52. The number of hydrazine groups is 1. The Hall–Kier alpha value is -0.580. The first kappa shape index (κ1) is 12.9.